The summed E-state index contributed by atoms with van der Waals surface area (Å²) in [5.41, 5.74) is 0. The van der Waals surface area contributed by atoms with E-state index in [0.717, 1.165) is 30.6 Å². The van der Waals surface area contributed by atoms with Crippen molar-refractivity contribution in [3.63, 3.8) is 0 Å². The van der Waals surface area contributed by atoms with Gasteiger partial charge in [0.25, 0.3) is 5.91 Å². The van der Waals surface area contributed by atoms with Gasteiger partial charge in [0.05, 0.1) is 13.2 Å². The van der Waals surface area contributed by atoms with Crippen LogP contribution in [0.5, 0.6) is 0 Å². The van der Waals surface area contributed by atoms with Gasteiger partial charge < -0.3 is 15.0 Å². The van der Waals surface area contributed by atoms with Crippen molar-refractivity contribution in [2.24, 2.45) is 5.92 Å². The summed E-state index contributed by atoms with van der Waals surface area (Å²) in [6.45, 7) is 1.91. The lowest BCUT2D eigenvalue weighted by Gasteiger charge is -2.28. The monoisotopic (exact) mass is 309 g/mol. The third-order valence-corrected chi connectivity index (χ3v) is 4.83. The number of morpholine rings is 1. The number of carbonyl (C=O) groups is 3. The molecule has 7 nitrogen and oxygen atoms in total. The average molecular weight is 309 g/mol. The van der Waals surface area contributed by atoms with Gasteiger partial charge in [0, 0.05) is 13.1 Å². The molecule has 3 fully saturated rings. The number of carbonyl (C=O) groups excluding carboxylic acids is 3. The van der Waals surface area contributed by atoms with Crippen molar-refractivity contribution >= 4 is 17.8 Å². The van der Waals surface area contributed by atoms with Crippen molar-refractivity contribution < 1.29 is 19.1 Å². The normalized spacial score (nSPS) is 27.2. The Hall–Kier alpha value is -1.63. The summed E-state index contributed by atoms with van der Waals surface area (Å²) in [6.07, 6.45) is 5.36. The van der Waals surface area contributed by atoms with E-state index < -0.39 is 12.1 Å². The molecule has 4 amide bonds. The van der Waals surface area contributed by atoms with E-state index in [4.69, 9.17) is 4.74 Å². The summed E-state index contributed by atoms with van der Waals surface area (Å²) in [7, 11) is 0. The van der Waals surface area contributed by atoms with Crippen molar-refractivity contribution in [3.05, 3.63) is 0 Å². The van der Waals surface area contributed by atoms with Crippen molar-refractivity contribution in [3.8, 4) is 0 Å². The smallest absolute Gasteiger partial charge is 0.325 e. The van der Waals surface area contributed by atoms with Crippen LogP contribution < -0.4 is 5.32 Å². The van der Waals surface area contributed by atoms with E-state index in [-0.39, 0.29) is 24.3 Å². The summed E-state index contributed by atoms with van der Waals surface area (Å²) in [4.78, 5) is 39.5. The molecule has 1 N–H and O–H groups in total. The minimum atomic E-state index is -0.440. The summed E-state index contributed by atoms with van der Waals surface area (Å²) in [5, 5.41) is 2.77. The van der Waals surface area contributed by atoms with Crippen LogP contribution in [0.4, 0.5) is 4.79 Å². The first-order valence-corrected chi connectivity index (χ1v) is 8.14. The molecule has 1 aliphatic carbocycles. The first-order chi connectivity index (χ1) is 10.7. The maximum Gasteiger partial charge on any atom is 0.325 e. The number of nitrogens with one attached hydrogen (secondary N) is 1. The molecule has 3 aliphatic rings. The summed E-state index contributed by atoms with van der Waals surface area (Å²) < 4.78 is 5.20. The lowest BCUT2D eigenvalue weighted by molar-refractivity contribution is -0.140. The molecule has 2 heterocycles. The molecular formula is C15H23N3O4. The molecule has 2 aliphatic heterocycles. The number of nitrogens with zero attached hydrogens (tertiary/aromatic N) is 2. The Balaban J connectivity index is 1.60. The highest BCUT2D eigenvalue weighted by Gasteiger charge is 2.43. The van der Waals surface area contributed by atoms with Crippen LogP contribution in [0.25, 0.3) is 0 Å². The second-order valence-corrected chi connectivity index (χ2v) is 6.24. The van der Waals surface area contributed by atoms with Crippen LogP contribution in [0.1, 0.15) is 32.1 Å². The Bertz CT molecular complexity index is 456. The Morgan fingerprint density at radius 1 is 1.14 bits per heavy atom. The molecule has 0 spiro atoms. The molecule has 0 bridgehead atoms. The van der Waals surface area contributed by atoms with Gasteiger partial charge in [0.1, 0.15) is 12.6 Å². The third-order valence-electron chi connectivity index (χ3n) is 4.83. The molecule has 2 saturated heterocycles. The number of rotatable bonds is 3. The van der Waals surface area contributed by atoms with Crippen molar-refractivity contribution in [1.29, 1.82) is 0 Å². The number of hydrogen-bond donors (Lipinski definition) is 1. The maximum atomic E-state index is 12.5. The van der Waals surface area contributed by atoms with Crippen LogP contribution >= 0.6 is 0 Å². The second kappa shape index (κ2) is 6.64. The van der Waals surface area contributed by atoms with Gasteiger partial charge in [-0.3, -0.25) is 14.5 Å². The Morgan fingerprint density at radius 2 is 1.82 bits per heavy atom. The molecule has 22 heavy (non-hydrogen) atoms. The Labute approximate surface area is 129 Å². The summed E-state index contributed by atoms with van der Waals surface area (Å²) >= 11 is 0. The Morgan fingerprint density at radius 3 is 2.50 bits per heavy atom. The lowest BCUT2D eigenvalue weighted by Crippen LogP contribution is -2.47. The fourth-order valence-corrected chi connectivity index (χ4v) is 3.53. The fraction of sp³-hybridized carbons (Fsp3) is 0.800. The Kier molecular flexibility index (Phi) is 4.61. The summed E-state index contributed by atoms with van der Waals surface area (Å²) in [6, 6.07) is -0.868. The van der Waals surface area contributed by atoms with Gasteiger partial charge in [-0.15, -0.1) is 0 Å². The minimum Gasteiger partial charge on any atom is -0.378 e. The zero-order valence-corrected chi connectivity index (χ0v) is 12.8. The zero-order valence-electron chi connectivity index (χ0n) is 12.8. The fourth-order valence-electron chi connectivity index (χ4n) is 3.53. The predicted octanol–water partition coefficient (Wildman–Crippen LogP) is 0.346. The van der Waals surface area contributed by atoms with Crippen molar-refractivity contribution in [1.82, 2.24) is 15.1 Å². The largest absolute Gasteiger partial charge is 0.378 e. The number of ether oxygens (including phenoxy) is 1. The van der Waals surface area contributed by atoms with E-state index in [0.29, 0.717) is 26.3 Å². The van der Waals surface area contributed by atoms with Gasteiger partial charge in [-0.05, 0) is 18.8 Å². The van der Waals surface area contributed by atoms with Crippen LogP contribution in [-0.2, 0) is 14.3 Å². The first kappa shape index (κ1) is 15.3. The molecular weight excluding hydrogens is 286 g/mol. The quantitative estimate of drug-likeness (QED) is 0.763. The molecule has 0 radical (unpaired) electrons. The molecule has 0 aromatic rings. The molecule has 0 aromatic carbocycles. The highest BCUT2D eigenvalue weighted by Crippen LogP contribution is 2.29. The van der Waals surface area contributed by atoms with Crippen molar-refractivity contribution in [2.75, 3.05) is 32.8 Å². The van der Waals surface area contributed by atoms with Gasteiger partial charge in [0.15, 0.2) is 0 Å². The highest BCUT2D eigenvalue weighted by atomic mass is 16.5. The van der Waals surface area contributed by atoms with E-state index in [1.54, 1.807) is 4.90 Å². The van der Waals surface area contributed by atoms with Gasteiger partial charge in [0.2, 0.25) is 5.91 Å². The van der Waals surface area contributed by atoms with E-state index in [2.05, 4.69) is 5.32 Å². The maximum absolute atomic E-state index is 12.5. The predicted molar refractivity (Wildman–Crippen MR) is 78.0 cm³/mol. The van der Waals surface area contributed by atoms with Gasteiger partial charge in [-0.1, -0.05) is 19.3 Å². The van der Waals surface area contributed by atoms with E-state index in [1.807, 2.05) is 0 Å². The minimum absolute atomic E-state index is 0.159. The third kappa shape index (κ3) is 3.09. The molecule has 1 atom stereocenters. The number of urea groups is 1. The van der Waals surface area contributed by atoms with Crippen LogP contribution in [0.2, 0.25) is 0 Å². The number of hydrogen-bond acceptors (Lipinski definition) is 4. The molecule has 0 aromatic heterocycles. The second-order valence-electron chi connectivity index (χ2n) is 6.24. The lowest BCUT2D eigenvalue weighted by atomic mass is 9.84. The molecule has 1 saturated carbocycles. The van der Waals surface area contributed by atoms with Crippen LogP contribution in [0, 0.1) is 5.92 Å². The van der Waals surface area contributed by atoms with Crippen LogP contribution in [-0.4, -0.2) is 66.5 Å². The van der Waals surface area contributed by atoms with Gasteiger partial charge in [-0.2, -0.15) is 0 Å². The van der Waals surface area contributed by atoms with E-state index >= 15 is 0 Å². The van der Waals surface area contributed by atoms with Gasteiger partial charge >= 0.3 is 6.03 Å². The summed E-state index contributed by atoms with van der Waals surface area (Å²) in [5.74, 6) is -0.205. The molecule has 122 valence electrons. The van der Waals surface area contributed by atoms with E-state index in [9.17, 15) is 14.4 Å². The van der Waals surface area contributed by atoms with Crippen molar-refractivity contribution in [2.45, 2.75) is 38.1 Å². The first-order valence-electron chi connectivity index (χ1n) is 8.14. The number of amides is 4. The topological polar surface area (TPSA) is 79.0 Å². The standard InChI is InChI=1S/C15H23N3O4/c19-12(17-6-8-22-9-7-17)10-18-14(20)13(16-15(18)21)11-4-2-1-3-5-11/h11,13H,1-10H2,(H,16,21)/t13-/m0/s1. The van der Waals surface area contributed by atoms with Gasteiger partial charge in [-0.25, -0.2) is 4.79 Å². The molecule has 7 heteroatoms. The molecule has 0 unspecified atom stereocenters. The highest BCUT2D eigenvalue weighted by molar-refractivity contribution is 6.06. The average Bonchev–Trinajstić information content (AvgIpc) is 2.84. The zero-order chi connectivity index (χ0) is 15.5. The SMILES string of the molecule is O=C(CN1C(=O)N[C@@H](C2CCCCC2)C1=O)N1CCOCC1. The van der Waals surface area contributed by atoms with E-state index in [1.165, 1.54) is 6.42 Å². The number of imide groups is 1. The molecule has 3 rings (SSSR count). The van der Waals surface area contributed by atoms with Crippen LogP contribution in [0.3, 0.4) is 0 Å². The van der Waals surface area contributed by atoms with Crippen LogP contribution in [0.15, 0.2) is 0 Å².